The van der Waals surface area contributed by atoms with E-state index < -0.39 is 0 Å². The highest BCUT2D eigenvalue weighted by molar-refractivity contribution is 6.25. The first-order valence-corrected chi connectivity index (χ1v) is 23.4. The molecule has 13 aromatic rings. The first-order chi connectivity index (χ1) is 33.7. The summed E-state index contributed by atoms with van der Waals surface area (Å²) in [6.45, 7) is 0. The summed E-state index contributed by atoms with van der Waals surface area (Å²) in [4.78, 5) is 2.33. The fourth-order valence-electron chi connectivity index (χ4n) is 10.4. The van der Waals surface area contributed by atoms with Gasteiger partial charge >= 0.3 is 0 Å². The Morgan fingerprint density at radius 1 is 0.206 bits per heavy atom. The van der Waals surface area contributed by atoms with E-state index in [0.29, 0.717) is 0 Å². The van der Waals surface area contributed by atoms with Gasteiger partial charge in [-0.2, -0.15) is 0 Å². The molecule has 0 amide bonds. The maximum absolute atomic E-state index is 2.43. The Hall–Kier alpha value is -8.98. The molecule has 318 valence electrons. The van der Waals surface area contributed by atoms with E-state index in [1.54, 1.807) is 0 Å². The van der Waals surface area contributed by atoms with Crippen LogP contribution >= 0.6 is 0 Å². The summed E-state index contributed by atoms with van der Waals surface area (Å²) in [7, 11) is 0. The minimum absolute atomic E-state index is 1.10. The Morgan fingerprint density at radius 3 is 1.00 bits per heavy atom. The zero-order valence-electron chi connectivity index (χ0n) is 37.3. The lowest BCUT2D eigenvalue weighted by atomic mass is 9.92. The van der Waals surface area contributed by atoms with Crippen LogP contribution in [0.2, 0.25) is 0 Å². The number of aromatic nitrogens is 1. The van der Waals surface area contributed by atoms with Gasteiger partial charge < -0.3 is 9.47 Å². The second-order valence-electron chi connectivity index (χ2n) is 17.7. The fourth-order valence-corrected chi connectivity index (χ4v) is 10.4. The van der Waals surface area contributed by atoms with Crippen molar-refractivity contribution in [1.29, 1.82) is 0 Å². The molecule has 0 bridgehead atoms. The van der Waals surface area contributed by atoms with Crippen LogP contribution in [-0.2, 0) is 0 Å². The Morgan fingerprint density at radius 2 is 0.515 bits per heavy atom. The van der Waals surface area contributed by atoms with Crippen molar-refractivity contribution in [1.82, 2.24) is 4.57 Å². The SMILES string of the molecule is c1ccc(-c2ccc(N(c3ccccc3)c3ccc(-c4ccc5c(c4)c4cc(-c6ccccc6)ccc4n5-c4ccc(-c5ccc6c7ccccc7c7ccccc7c6c5)cc4)cc3)cc2)cc1. The monoisotopic (exact) mass is 864 g/mol. The average Bonchev–Trinajstić information content (AvgIpc) is 3.75. The van der Waals surface area contributed by atoms with E-state index in [0.717, 1.165) is 22.7 Å². The van der Waals surface area contributed by atoms with Gasteiger partial charge in [-0.05, 0) is 156 Å². The van der Waals surface area contributed by atoms with Crippen molar-refractivity contribution in [3.63, 3.8) is 0 Å². The summed E-state index contributed by atoms with van der Waals surface area (Å²) in [5.41, 5.74) is 16.4. The molecule has 2 nitrogen and oxygen atoms in total. The van der Waals surface area contributed by atoms with Crippen LogP contribution in [0.15, 0.2) is 267 Å². The number of fused-ring (bicyclic) bond motifs is 9. The van der Waals surface area contributed by atoms with Crippen molar-refractivity contribution in [2.45, 2.75) is 0 Å². The Labute approximate surface area is 395 Å². The summed E-state index contributed by atoms with van der Waals surface area (Å²) in [6.07, 6.45) is 0. The van der Waals surface area contributed by atoms with Crippen molar-refractivity contribution in [2.24, 2.45) is 0 Å². The number of benzene rings is 12. The highest BCUT2D eigenvalue weighted by Crippen LogP contribution is 2.41. The first kappa shape index (κ1) is 39.4. The lowest BCUT2D eigenvalue weighted by Gasteiger charge is -2.26. The molecule has 0 spiro atoms. The van der Waals surface area contributed by atoms with Gasteiger partial charge in [0, 0.05) is 33.5 Å². The third-order valence-corrected chi connectivity index (χ3v) is 13.8. The largest absolute Gasteiger partial charge is 0.311 e. The first-order valence-electron chi connectivity index (χ1n) is 23.4. The third kappa shape index (κ3) is 6.82. The van der Waals surface area contributed by atoms with Crippen LogP contribution in [-0.4, -0.2) is 4.57 Å². The third-order valence-electron chi connectivity index (χ3n) is 13.8. The number of para-hydroxylation sites is 1. The zero-order chi connectivity index (χ0) is 45.0. The highest BCUT2D eigenvalue weighted by atomic mass is 15.1. The van der Waals surface area contributed by atoms with Gasteiger partial charge in [-0.25, -0.2) is 0 Å². The molecular weight excluding hydrogens is 821 g/mol. The molecule has 2 heteroatoms. The summed E-state index contributed by atoms with van der Waals surface area (Å²) in [5.74, 6) is 0. The number of nitrogens with zero attached hydrogens (tertiary/aromatic N) is 2. The molecule has 1 heterocycles. The summed E-state index contributed by atoms with van der Waals surface area (Å²) in [6, 6.07) is 97.3. The number of hydrogen-bond acceptors (Lipinski definition) is 1. The number of rotatable bonds is 8. The van der Waals surface area contributed by atoms with Crippen LogP contribution in [0.4, 0.5) is 17.1 Å². The molecule has 0 N–H and O–H groups in total. The van der Waals surface area contributed by atoms with Gasteiger partial charge in [-0.3, -0.25) is 0 Å². The molecule has 0 aliphatic rings. The number of hydrogen-bond donors (Lipinski definition) is 0. The molecule has 0 saturated heterocycles. The number of anilines is 3. The molecule has 68 heavy (non-hydrogen) atoms. The second kappa shape index (κ2) is 16.5. The molecule has 0 radical (unpaired) electrons. The van der Waals surface area contributed by atoms with Crippen LogP contribution in [0, 0.1) is 0 Å². The molecule has 0 atom stereocenters. The quantitative estimate of drug-likeness (QED) is 0.138. The van der Waals surface area contributed by atoms with Gasteiger partial charge in [0.1, 0.15) is 0 Å². The molecule has 0 aliphatic heterocycles. The average molecular weight is 865 g/mol. The van der Waals surface area contributed by atoms with Crippen molar-refractivity contribution < 1.29 is 0 Å². The molecule has 12 aromatic carbocycles. The van der Waals surface area contributed by atoms with Crippen LogP contribution < -0.4 is 4.90 Å². The summed E-state index contributed by atoms with van der Waals surface area (Å²) in [5, 5.41) is 10.2. The van der Waals surface area contributed by atoms with E-state index in [1.165, 1.54) is 98.6 Å². The van der Waals surface area contributed by atoms with E-state index in [1.807, 2.05) is 0 Å². The second-order valence-corrected chi connectivity index (χ2v) is 17.7. The van der Waals surface area contributed by atoms with Crippen LogP contribution in [0.25, 0.3) is 104 Å². The standard InChI is InChI=1S/C66H44N2/c1-4-14-45(15-5-1)47-24-33-54(34-25-47)67(53-18-8-3-9-19-53)55-35-26-49(27-36-55)52-32-41-66-64(44-52)63-43-51(46-16-6-2-7-17-46)31-40-65(63)68(66)56-37-28-48(29-38-56)50-30-39-61-59-22-11-10-20-57(59)58-21-12-13-23-60(58)62(61)42-50/h1-44H. The Kier molecular flexibility index (Phi) is 9.54. The van der Waals surface area contributed by atoms with Crippen molar-refractivity contribution in [2.75, 3.05) is 4.90 Å². The molecular formula is C66H44N2. The van der Waals surface area contributed by atoms with E-state index in [4.69, 9.17) is 0 Å². The molecule has 0 unspecified atom stereocenters. The van der Waals surface area contributed by atoms with Crippen molar-refractivity contribution >= 4 is 71.2 Å². The van der Waals surface area contributed by atoms with Crippen LogP contribution in [0.3, 0.4) is 0 Å². The maximum atomic E-state index is 2.43. The van der Waals surface area contributed by atoms with E-state index in [2.05, 4.69) is 276 Å². The van der Waals surface area contributed by atoms with E-state index in [9.17, 15) is 0 Å². The highest BCUT2D eigenvalue weighted by Gasteiger charge is 2.17. The zero-order valence-corrected chi connectivity index (χ0v) is 37.3. The molecule has 0 aliphatic carbocycles. The molecule has 1 aromatic heterocycles. The Balaban J connectivity index is 0.886. The van der Waals surface area contributed by atoms with E-state index in [-0.39, 0.29) is 0 Å². The lowest BCUT2D eigenvalue weighted by Crippen LogP contribution is -2.09. The van der Waals surface area contributed by atoms with Gasteiger partial charge in [0.05, 0.1) is 11.0 Å². The van der Waals surface area contributed by atoms with Gasteiger partial charge in [0.2, 0.25) is 0 Å². The minimum atomic E-state index is 1.10. The smallest absolute Gasteiger partial charge is 0.0541 e. The molecule has 13 rings (SSSR count). The Bertz CT molecular complexity index is 3930. The normalized spacial score (nSPS) is 11.5. The van der Waals surface area contributed by atoms with E-state index >= 15 is 0 Å². The van der Waals surface area contributed by atoms with Gasteiger partial charge in [-0.15, -0.1) is 0 Å². The van der Waals surface area contributed by atoms with Crippen LogP contribution in [0.5, 0.6) is 0 Å². The van der Waals surface area contributed by atoms with Crippen molar-refractivity contribution in [3.8, 4) is 50.2 Å². The van der Waals surface area contributed by atoms with Gasteiger partial charge in [0.25, 0.3) is 0 Å². The predicted octanol–water partition coefficient (Wildman–Crippen LogP) is 18.4. The van der Waals surface area contributed by atoms with Crippen molar-refractivity contribution in [3.05, 3.63) is 267 Å². The van der Waals surface area contributed by atoms with Gasteiger partial charge in [-0.1, -0.05) is 188 Å². The van der Waals surface area contributed by atoms with Crippen LogP contribution in [0.1, 0.15) is 0 Å². The molecule has 0 saturated carbocycles. The predicted molar refractivity (Wildman–Crippen MR) is 290 cm³/mol. The fraction of sp³-hybridized carbons (Fsp3) is 0. The topological polar surface area (TPSA) is 8.17 Å². The minimum Gasteiger partial charge on any atom is -0.311 e. The summed E-state index contributed by atoms with van der Waals surface area (Å²) >= 11 is 0. The lowest BCUT2D eigenvalue weighted by molar-refractivity contribution is 1.18. The summed E-state index contributed by atoms with van der Waals surface area (Å²) < 4.78 is 2.43. The van der Waals surface area contributed by atoms with Gasteiger partial charge in [0.15, 0.2) is 0 Å². The maximum Gasteiger partial charge on any atom is 0.0541 e. The molecule has 0 fully saturated rings.